The molecule has 2 unspecified atom stereocenters. The van der Waals surface area contributed by atoms with Gasteiger partial charge in [-0.15, -0.1) is 0 Å². The van der Waals surface area contributed by atoms with Crippen molar-refractivity contribution in [2.75, 3.05) is 33.9 Å². The summed E-state index contributed by atoms with van der Waals surface area (Å²) in [4.78, 5) is 94.6. The predicted molar refractivity (Wildman–Crippen MR) is 209 cm³/mol. The number of nitrogens with two attached hydrogens (primary N) is 1. The Balaban J connectivity index is 1.76. The standard InChI is InChI=1S/C40H62N6O11/c1-9-13-29(34(48)37(51)42-20-31(47)44-32(35(41)49)25-16-26(54-7)18-27(17-25)55-8)43-36(50)30-19-28(57-40(4,5)6)21-46(30)38(52)33(24-14-11-10-12-15-24)45-39(53)56-22-23(2)3/h16-18,23-24,28-30,32-33H,9-15,19-22H2,1-8H3,(H2,41,49)(H,42,51)(H,43,50)(H,44,47)(H,45,53)/t28-,29?,30+,32?,33+/m1/s1. The monoisotopic (exact) mass is 802 g/mol. The van der Waals surface area contributed by atoms with E-state index in [2.05, 4.69) is 21.3 Å². The quantitative estimate of drug-likeness (QED) is 0.128. The number of carbonyl (C=O) groups excluding carboxylic acids is 7. The fraction of sp³-hybridized carbons (Fsp3) is 0.675. The Labute approximate surface area is 335 Å². The summed E-state index contributed by atoms with van der Waals surface area (Å²) in [5.41, 5.74) is 5.23. The van der Waals surface area contributed by atoms with Gasteiger partial charge in [-0.2, -0.15) is 0 Å². The van der Waals surface area contributed by atoms with Gasteiger partial charge in [0.05, 0.1) is 45.1 Å². The number of likely N-dealkylation sites (tertiary alicyclic amines) is 1. The maximum Gasteiger partial charge on any atom is 0.407 e. The van der Waals surface area contributed by atoms with E-state index in [4.69, 9.17) is 24.7 Å². The highest BCUT2D eigenvalue weighted by Crippen LogP contribution is 2.31. The van der Waals surface area contributed by atoms with Crippen LogP contribution < -0.4 is 36.5 Å². The molecule has 6 N–H and O–H groups in total. The Morgan fingerprint density at radius 3 is 2.09 bits per heavy atom. The van der Waals surface area contributed by atoms with Crippen molar-refractivity contribution in [3.63, 3.8) is 0 Å². The van der Waals surface area contributed by atoms with E-state index in [1.54, 1.807) is 13.0 Å². The van der Waals surface area contributed by atoms with E-state index in [0.717, 1.165) is 19.3 Å². The van der Waals surface area contributed by atoms with Crippen LogP contribution in [0.25, 0.3) is 0 Å². The number of amides is 6. The van der Waals surface area contributed by atoms with Gasteiger partial charge in [0, 0.05) is 19.0 Å². The first-order chi connectivity index (χ1) is 26.9. The molecule has 17 nitrogen and oxygen atoms in total. The van der Waals surface area contributed by atoms with Crippen LogP contribution in [0, 0.1) is 11.8 Å². The summed E-state index contributed by atoms with van der Waals surface area (Å²) in [6.07, 6.45) is 3.59. The minimum absolute atomic E-state index is 0.0664. The van der Waals surface area contributed by atoms with Crippen molar-refractivity contribution < 1.29 is 52.5 Å². The van der Waals surface area contributed by atoms with Crippen LogP contribution in [-0.4, -0.2) is 110 Å². The number of ketones is 1. The molecule has 57 heavy (non-hydrogen) atoms. The van der Waals surface area contributed by atoms with Crippen molar-refractivity contribution in [1.29, 1.82) is 0 Å². The van der Waals surface area contributed by atoms with Crippen molar-refractivity contribution in [1.82, 2.24) is 26.2 Å². The van der Waals surface area contributed by atoms with Crippen molar-refractivity contribution >= 4 is 41.4 Å². The molecule has 1 aromatic carbocycles. The molecule has 318 valence electrons. The van der Waals surface area contributed by atoms with Crippen molar-refractivity contribution in [3.05, 3.63) is 23.8 Å². The molecule has 0 spiro atoms. The minimum Gasteiger partial charge on any atom is -0.497 e. The number of hydrogen-bond acceptors (Lipinski definition) is 11. The first-order valence-corrected chi connectivity index (χ1v) is 19.7. The summed E-state index contributed by atoms with van der Waals surface area (Å²) in [6.45, 7) is 10.7. The van der Waals surface area contributed by atoms with Gasteiger partial charge in [0.1, 0.15) is 29.6 Å². The fourth-order valence-corrected chi connectivity index (χ4v) is 7.07. The molecule has 1 aliphatic heterocycles. The summed E-state index contributed by atoms with van der Waals surface area (Å²) in [5, 5.41) is 10.2. The molecule has 2 fully saturated rings. The topological polar surface area (TPSA) is 234 Å². The van der Waals surface area contributed by atoms with E-state index in [0.29, 0.717) is 30.8 Å². The third-order valence-electron chi connectivity index (χ3n) is 9.72. The lowest BCUT2D eigenvalue weighted by Gasteiger charge is -2.34. The lowest BCUT2D eigenvalue weighted by molar-refractivity contribution is -0.143. The van der Waals surface area contributed by atoms with Crippen LogP contribution in [0.3, 0.4) is 0 Å². The van der Waals surface area contributed by atoms with E-state index < -0.39 is 83.8 Å². The van der Waals surface area contributed by atoms with E-state index in [-0.39, 0.29) is 43.4 Å². The van der Waals surface area contributed by atoms with E-state index in [1.165, 1.54) is 31.3 Å². The molecule has 1 heterocycles. The molecule has 1 aromatic rings. The van der Waals surface area contributed by atoms with Gasteiger partial charge in [0.15, 0.2) is 0 Å². The third-order valence-corrected chi connectivity index (χ3v) is 9.72. The summed E-state index contributed by atoms with van der Waals surface area (Å²) in [6, 6.07) is -0.0776. The molecule has 0 aromatic heterocycles. The second kappa shape index (κ2) is 21.6. The molecule has 0 bridgehead atoms. The highest BCUT2D eigenvalue weighted by molar-refractivity contribution is 6.38. The van der Waals surface area contributed by atoms with E-state index >= 15 is 0 Å². The Morgan fingerprint density at radius 2 is 1.54 bits per heavy atom. The Hall–Kier alpha value is -4.93. The predicted octanol–water partition coefficient (Wildman–Crippen LogP) is 2.43. The smallest absolute Gasteiger partial charge is 0.407 e. The zero-order chi connectivity index (χ0) is 42.4. The van der Waals surface area contributed by atoms with Crippen molar-refractivity contribution in [2.24, 2.45) is 17.6 Å². The fourth-order valence-electron chi connectivity index (χ4n) is 7.07. The summed E-state index contributed by atoms with van der Waals surface area (Å²) in [7, 11) is 2.83. The van der Waals surface area contributed by atoms with Crippen LogP contribution in [0.2, 0.25) is 0 Å². The Morgan fingerprint density at radius 1 is 0.912 bits per heavy atom. The number of Topliss-reactive ketones (excluding diaryl/α,β-unsaturated/α-hetero) is 1. The zero-order valence-corrected chi connectivity index (χ0v) is 34.6. The molecule has 6 amide bonds. The van der Waals surface area contributed by atoms with E-state index in [9.17, 15) is 33.6 Å². The first kappa shape index (κ1) is 46.5. The lowest BCUT2D eigenvalue weighted by atomic mass is 9.83. The number of carbonyl (C=O) groups is 7. The van der Waals surface area contributed by atoms with Gasteiger partial charge >= 0.3 is 6.09 Å². The number of primary amides is 1. The van der Waals surface area contributed by atoms with Crippen LogP contribution in [0.5, 0.6) is 11.5 Å². The van der Waals surface area contributed by atoms with Gasteiger partial charge in [-0.3, -0.25) is 28.8 Å². The zero-order valence-electron chi connectivity index (χ0n) is 34.6. The average molecular weight is 803 g/mol. The molecule has 0 radical (unpaired) electrons. The van der Waals surface area contributed by atoms with Gasteiger partial charge in [-0.25, -0.2) is 4.79 Å². The molecule has 1 aliphatic carbocycles. The molecule has 1 saturated carbocycles. The van der Waals surface area contributed by atoms with Gasteiger partial charge in [-0.1, -0.05) is 46.5 Å². The first-order valence-electron chi connectivity index (χ1n) is 19.7. The van der Waals surface area contributed by atoms with Crippen molar-refractivity contribution in [2.45, 2.75) is 129 Å². The van der Waals surface area contributed by atoms with Crippen LogP contribution in [-0.2, 0) is 38.2 Å². The largest absolute Gasteiger partial charge is 0.497 e. The van der Waals surface area contributed by atoms with Gasteiger partial charge < -0.3 is 50.8 Å². The second-order valence-corrected chi connectivity index (χ2v) is 16.1. The summed E-state index contributed by atoms with van der Waals surface area (Å²) < 4.78 is 22.1. The number of alkyl carbamates (subject to hydrolysis) is 1. The molecule has 5 atom stereocenters. The molecule has 1 saturated heterocycles. The highest BCUT2D eigenvalue weighted by atomic mass is 16.5. The van der Waals surface area contributed by atoms with Crippen LogP contribution in [0.1, 0.15) is 105 Å². The third kappa shape index (κ3) is 14.2. The lowest BCUT2D eigenvalue weighted by Crippen LogP contribution is -2.58. The number of hydrogen-bond donors (Lipinski definition) is 5. The number of ether oxygens (including phenoxy) is 4. The molecule has 17 heteroatoms. The maximum atomic E-state index is 14.4. The second-order valence-electron chi connectivity index (χ2n) is 16.1. The molecule has 3 rings (SSSR count). The minimum atomic E-state index is -1.32. The van der Waals surface area contributed by atoms with Crippen LogP contribution in [0.15, 0.2) is 18.2 Å². The summed E-state index contributed by atoms with van der Waals surface area (Å²) >= 11 is 0. The number of rotatable bonds is 19. The normalized spacial score (nSPS) is 18.8. The number of nitrogens with zero attached hydrogens (tertiary/aromatic N) is 1. The number of benzene rings is 1. The molecular weight excluding hydrogens is 740 g/mol. The van der Waals surface area contributed by atoms with Gasteiger partial charge in [0.2, 0.25) is 29.4 Å². The molecule has 2 aliphatic rings. The SMILES string of the molecule is CCCC(NC(=O)[C@@H]1C[C@@H](OC(C)(C)C)CN1C(=O)[C@@H](NC(=O)OCC(C)C)C1CCCCC1)C(=O)C(=O)NCC(=O)NC(C(N)=O)c1cc(OC)cc(OC)c1. The van der Waals surface area contributed by atoms with Gasteiger partial charge in [0.25, 0.3) is 5.91 Å². The molecular formula is C40H62N6O11. The number of nitrogens with one attached hydrogen (secondary N) is 4. The Bertz CT molecular complexity index is 1570. The Kier molecular flexibility index (Phi) is 17.6. The highest BCUT2D eigenvalue weighted by Gasteiger charge is 2.46. The van der Waals surface area contributed by atoms with Crippen LogP contribution in [0.4, 0.5) is 4.79 Å². The van der Waals surface area contributed by atoms with E-state index in [1.807, 2.05) is 34.6 Å². The van der Waals surface area contributed by atoms with Crippen molar-refractivity contribution in [3.8, 4) is 11.5 Å². The van der Waals surface area contributed by atoms with Crippen LogP contribution >= 0.6 is 0 Å². The summed E-state index contributed by atoms with van der Waals surface area (Å²) in [5.74, 6) is -4.37. The average Bonchev–Trinajstić information content (AvgIpc) is 3.58. The number of methoxy groups -OCH3 is 2. The maximum absolute atomic E-state index is 14.4. The van der Waals surface area contributed by atoms with Gasteiger partial charge in [-0.05, 0) is 69.6 Å².